The topological polar surface area (TPSA) is 176 Å². The monoisotopic (exact) mass is 341 g/mol. The maximum atomic E-state index is 12.1. The summed E-state index contributed by atoms with van der Waals surface area (Å²) in [6, 6.07) is 5.62. The molecule has 1 heterocycles. The third-order valence-corrected chi connectivity index (χ3v) is 3.67. The van der Waals surface area contributed by atoms with Crippen LogP contribution in [-0.4, -0.2) is 84.0 Å². The van der Waals surface area contributed by atoms with Crippen LogP contribution < -0.4 is 0 Å². The van der Waals surface area contributed by atoms with E-state index in [1.807, 2.05) is 0 Å². The Kier molecular flexibility index (Phi) is 4.96. The minimum absolute atomic E-state index is 0.0191. The maximum Gasteiger partial charge on any atom is 0.335 e. The minimum atomic E-state index is -2.44. The molecule has 2 amide bonds. The summed E-state index contributed by atoms with van der Waals surface area (Å²) in [5, 5.41) is 56.7. The lowest BCUT2D eigenvalue weighted by molar-refractivity contribution is -0.173. The van der Waals surface area contributed by atoms with E-state index < -0.39 is 48.4 Å². The van der Waals surface area contributed by atoms with Gasteiger partial charge < -0.3 is 30.6 Å². The largest absolute Gasteiger partial charge is 0.479 e. The summed E-state index contributed by atoms with van der Waals surface area (Å²) in [5.41, 5.74) is -0.0382. The second kappa shape index (κ2) is 6.63. The van der Waals surface area contributed by atoms with Crippen molar-refractivity contribution in [3.8, 4) is 0 Å². The van der Waals surface area contributed by atoms with Crippen molar-refractivity contribution in [2.75, 3.05) is 0 Å². The number of hydrogen-bond donors (Lipinski definition) is 6. The van der Waals surface area contributed by atoms with Gasteiger partial charge in [0.25, 0.3) is 11.8 Å². The van der Waals surface area contributed by atoms with Crippen molar-refractivity contribution >= 4 is 17.8 Å². The lowest BCUT2D eigenvalue weighted by Gasteiger charge is -2.31. The minimum Gasteiger partial charge on any atom is -0.479 e. The molecule has 0 radical (unpaired) electrons. The summed E-state index contributed by atoms with van der Waals surface area (Å²) in [5.74, 6) is -3.73. The van der Waals surface area contributed by atoms with Crippen molar-refractivity contribution in [3.05, 3.63) is 35.4 Å². The van der Waals surface area contributed by atoms with Crippen LogP contribution in [0.4, 0.5) is 0 Å². The Morgan fingerprint density at radius 3 is 1.71 bits per heavy atom. The molecule has 1 aromatic rings. The van der Waals surface area contributed by atoms with Crippen molar-refractivity contribution in [2.24, 2.45) is 0 Å². The number of aliphatic hydroxyl groups is 5. The molecule has 2 rings (SSSR count). The predicted molar refractivity (Wildman–Crippen MR) is 74.6 cm³/mol. The van der Waals surface area contributed by atoms with Gasteiger partial charge in [-0.05, 0) is 12.1 Å². The molecule has 0 spiro atoms. The summed E-state index contributed by atoms with van der Waals surface area (Å²) in [7, 11) is 0. The molecule has 10 heteroatoms. The summed E-state index contributed by atoms with van der Waals surface area (Å²) in [6.07, 6.45) is -11.7. The molecule has 0 saturated heterocycles. The van der Waals surface area contributed by atoms with E-state index in [0.29, 0.717) is 0 Å². The number of rotatable bonds is 6. The highest BCUT2D eigenvalue weighted by Crippen LogP contribution is 2.25. The van der Waals surface area contributed by atoms with Gasteiger partial charge in [0.2, 0.25) is 0 Å². The Morgan fingerprint density at radius 2 is 1.29 bits per heavy atom. The lowest BCUT2D eigenvalue weighted by atomic mass is 10.0. The normalized spacial score (nSPS) is 20.3. The van der Waals surface area contributed by atoms with Crippen molar-refractivity contribution in [3.63, 3.8) is 0 Å². The van der Waals surface area contributed by atoms with E-state index in [4.69, 9.17) is 10.2 Å². The first-order valence-electron chi connectivity index (χ1n) is 6.78. The zero-order valence-electron chi connectivity index (χ0n) is 12.1. The van der Waals surface area contributed by atoms with E-state index >= 15 is 0 Å². The summed E-state index contributed by atoms with van der Waals surface area (Å²) < 4.78 is 0. The molecule has 0 saturated carbocycles. The molecule has 130 valence electrons. The Bertz CT molecular complexity index is 641. The average molecular weight is 341 g/mol. The zero-order chi connectivity index (χ0) is 18.2. The molecule has 0 bridgehead atoms. The van der Waals surface area contributed by atoms with E-state index in [0.717, 1.165) is 0 Å². The predicted octanol–water partition coefficient (Wildman–Crippen LogP) is -2.87. The number of aliphatic hydroxyl groups excluding tert-OH is 5. The first kappa shape index (κ1) is 18.0. The number of imide groups is 1. The first-order chi connectivity index (χ1) is 11.2. The van der Waals surface area contributed by atoms with Crippen molar-refractivity contribution in [2.45, 2.75) is 30.6 Å². The molecule has 1 aliphatic rings. The molecule has 0 aromatic heterocycles. The van der Waals surface area contributed by atoms with Gasteiger partial charge in [-0.15, -0.1) is 0 Å². The fourth-order valence-electron chi connectivity index (χ4n) is 2.31. The third-order valence-electron chi connectivity index (χ3n) is 3.67. The Balaban J connectivity index is 2.20. The standard InChI is InChI=1S/C14H15NO9/c16-7(8(17)10(19)14(23)24)9(18)13(22)15-11(20)5-3-1-2-4-6(5)12(15)21/h1-4,7-10,13,16-19,22H,(H,23,24). The summed E-state index contributed by atoms with van der Waals surface area (Å²) in [4.78, 5) is 35.1. The molecule has 5 atom stereocenters. The van der Waals surface area contributed by atoms with Gasteiger partial charge in [0.15, 0.2) is 12.3 Å². The van der Waals surface area contributed by atoms with Crippen LogP contribution in [0.15, 0.2) is 24.3 Å². The van der Waals surface area contributed by atoms with Gasteiger partial charge >= 0.3 is 5.97 Å². The number of carbonyl (C=O) groups excluding carboxylic acids is 2. The molecule has 1 aliphatic heterocycles. The number of carbonyl (C=O) groups is 3. The smallest absolute Gasteiger partial charge is 0.335 e. The number of amides is 2. The zero-order valence-corrected chi connectivity index (χ0v) is 12.1. The number of fused-ring (bicyclic) bond motifs is 1. The lowest BCUT2D eigenvalue weighted by Crippen LogP contribution is -2.56. The second-order valence-corrected chi connectivity index (χ2v) is 5.19. The van der Waals surface area contributed by atoms with Gasteiger partial charge in [0, 0.05) is 0 Å². The number of benzene rings is 1. The molecule has 5 unspecified atom stereocenters. The van der Waals surface area contributed by atoms with Crippen LogP contribution in [0.3, 0.4) is 0 Å². The Hall–Kier alpha value is -2.37. The molecule has 10 nitrogen and oxygen atoms in total. The molecule has 6 N–H and O–H groups in total. The fourth-order valence-corrected chi connectivity index (χ4v) is 2.31. The third kappa shape index (κ3) is 2.88. The number of aliphatic carboxylic acids is 1. The maximum absolute atomic E-state index is 12.1. The Labute approximate surface area is 134 Å². The SMILES string of the molecule is O=C(O)C(O)C(O)C(O)C(O)C(O)N1C(=O)c2ccccc2C1=O. The van der Waals surface area contributed by atoms with E-state index in [9.17, 15) is 34.8 Å². The van der Waals surface area contributed by atoms with Gasteiger partial charge in [-0.25, -0.2) is 9.69 Å². The first-order valence-corrected chi connectivity index (χ1v) is 6.78. The van der Waals surface area contributed by atoms with Crippen molar-refractivity contribution in [1.29, 1.82) is 0 Å². The number of hydrogen-bond acceptors (Lipinski definition) is 8. The molecule has 1 aromatic carbocycles. The van der Waals surface area contributed by atoms with Gasteiger partial charge in [0.05, 0.1) is 11.1 Å². The van der Waals surface area contributed by atoms with Gasteiger partial charge in [-0.3, -0.25) is 9.59 Å². The van der Waals surface area contributed by atoms with Gasteiger partial charge in [-0.2, -0.15) is 0 Å². The van der Waals surface area contributed by atoms with Crippen LogP contribution in [0.25, 0.3) is 0 Å². The summed E-state index contributed by atoms with van der Waals surface area (Å²) in [6.45, 7) is 0. The highest BCUT2D eigenvalue weighted by atomic mass is 16.4. The average Bonchev–Trinajstić information content (AvgIpc) is 2.83. The van der Waals surface area contributed by atoms with Crippen LogP contribution in [0.2, 0.25) is 0 Å². The van der Waals surface area contributed by atoms with E-state index in [1.165, 1.54) is 24.3 Å². The van der Waals surface area contributed by atoms with Crippen molar-refractivity contribution < 1.29 is 45.0 Å². The van der Waals surface area contributed by atoms with Crippen LogP contribution in [0.1, 0.15) is 20.7 Å². The number of carboxylic acids is 1. The molecular formula is C14H15NO9. The van der Waals surface area contributed by atoms with Crippen LogP contribution >= 0.6 is 0 Å². The van der Waals surface area contributed by atoms with E-state index in [-0.39, 0.29) is 16.0 Å². The fraction of sp³-hybridized carbons (Fsp3) is 0.357. The number of carboxylic acid groups (broad SMARTS) is 1. The van der Waals surface area contributed by atoms with E-state index in [1.54, 1.807) is 0 Å². The van der Waals surface area contributed by atoms with Crippen LogP contribution in [0.5, 0.6) is 0 Å². The molecule has 24 heavy (non-hydrogen) atoms. The quantitative estimate of drug-likeness (QED) is 0.297. The highest BCUT2D eigenvalue weighted by molar-refractivity contribution is 6.21. The van der Waals surface area contributed by atoms with Gasteiger partial charge in [0.1, 0.15) is 18.3 Å². The highest BCUT2D eigenvalue weighted by Gasteiger charge is 2.45. The summed E-state index contributed by atoms with van der Waals surface area (Å²) >= 11 is 0. The molecule has 0 aliphatic carbocycles. The van der Waals surface area contributed by atoms with Crippen LogP contribution in [-0.2, 0) is 4.79 Å². The van der Waals surface area contributed by atoms with E-state index in [2.05, 4.69) is 0 Å². The van der Waals surface area contributed by atoms with Gasteiger partial charge in [-0.1, -0.05) is 12.1 Å². The molecular weight excluding hydrogens is 326 g/mol. The number of nitrogens with zero attached hydrogens (tertiary/aromatic N) is 1. The van der Waals surface area contributed by atoms with Crippen molar-refractivity contribution in [1.82, 2.24) is 4.90 Å². The Morgan fingerprint density at radius 1 is 0.833 bits per heavy atom. The van der Waals surface area contributed by atoms with Crippen LogP contribution in [0, 0.1) is 0 Å². The molecule has 0 fully saturated rings. The second-order valence-electron chi connectivity index (χ2n) is 5.19.